The van der Waals surface area contributed by atoms with Crippen molar-refractivity contribution in [3.05, 3.63) is 33.9 Å². The molecule has 0 saturated carbocycles. The average Bonchev–Trinajstić information content (AvgIpc) is 2.16. The summed E-state index contributed by atoms with van der Waals surface area (Å²) in [6.07, 6.45) is 0. The van der Waals surface area contributed by atoms with Crippen LogP contribution < -0.4 is 10.5 Å². The molecule has 0 aliphatic rings. The van der Waals surface area contributed by atoms with E-state index in [0.717, 1.165) is 0 Å². The predicted octanol–water partition coefficient (Wildman–Crippen LogP) is 1.62. The van der Waals surface area contributed by atoms with Crippen molar-refractivity contribution in [2.75, 3.05) is 7.11 Å². The molecule has 14 heavy (non-hydrogen) atoms. The molecule has 76 valence electrons. The summed E-state index contributed by atoms with van der Waals surface area (Å²) < 4.78 is 5.04. The fraction of sp³-hybridized carbons (Fsp3) is 0.333. The van der Waals surface area contributed by atoms with Crippen LogP contribution in [0.1, 0.15) is 18.5 Å². The van der Waals surface area contributed by atoms with Crippen molar-refractivity contribution < 1.29 is 9.66 Å². The number of nitro groups is 1. The zero-order valence-corrected chi connectivity index (χ0v) is 8.06. The molecule has 0 fully saturated rings. The quantitative estimate of drug-likeness (QED) is 0.588. The molecule has 0 radical (unpaired) electrons. The summed E-state index contributed by atoms with van der Waals surface area (Å²) in [6.45, 7) is 1.75. The molecule has 0 heterocycles. The number of ether oxygens (including phenoxy) is 1. The number of hydrogen-bond acceptors (Lipinski definition) is 4. The molecule has 1 aromatic carbocycles. The van der Waals surface area contributed by atoms with E-state index < -0.39 is 4.92 Å². The maximum absolute atomic E-state index is 10.5. The van der Waals surface area contributed by atoms with Gasteiger partial charge in [-0.25, -0.2) is 0 Å². The molecular formula is C9H12N2O3. The van der Waals surface area contributed by atoms with E-state index in [9.17, 15) is 10.1 Å². The third-order valence-electron chi connectivity index (χ3n) is 1.91. The molecule has 5 heteroatoms. The third-order valence-corrected chi connectivity index (χ3v) is 1.91. The third kappa shape index (κ3) is 2.00. The highest BCUT2D eigenvalue weighted by atomic mass is 16.6. The molecule has 5 nitrogen and oxygen atoms in total. The van der Waals surface area contributed by atoms with E-state index in [0.29, 0.717) is 11.3 Å². The van der Waals surface area contributed by atoms with Gasteiger partial charge in [0.2, 0.25) is 0 Å². The molecule has 0 aliphatic heterocycles. The zero-order valence-electron chi connectivity index (χ0n) is 8.06. The molecule has 0 bridgehead atoms. The SMILES string of the molecule is COc1ccc([N+](=O)[O-])cc1C(C)N. The molecule has 0 amide bonds. The van der Waals surface area contributed by atoms with Gasteiger partial charge in [0.15, 0.2) is 0 Å². The maximum Gasteiger partial charge on any atom is 0.270 e. The van der Waals surface area contributed by atoms with Gasteiger partial charge in [-0.2, -0.15) is 0 Å². The van der Waals surface area contributed by atoms with Crippen LogP contribution in [0.5, 0.6) is 5.75 Å². The summed E-state index contributed by atoms with van der Waals surface area (Å²) in [7, 11) is 1.51. The number of nitro benzene ring substituents is 1. The van der Waals surface area contributed by atoms with Gasteiger partial charge >= 0.3 is 0 Å². The van der Waals surface area contributed by atoms with E-state index in [-0.39, 0.29) is 11.7 Å². The number of non-ortho nitro benzene ring substituents is 1. The van der Waals surface area contributed by atoms with Crippen LogP contribution in [0.4, 0.5) is 5.69 Å². The minimum absolute atomic E-state index is 0.0260. The molecule has 2 N–H and O–H groups in total. The molecule has 0 spiro atoms. The summed E-state index contributed by atoms with van der Waals surface area (Å²) in [5.74, 6) is 0.575. The smallest absolute Gasteiger partial charge is 0.270 e. The Bertz CT molecular complexity index is 350. The van der Waals surface area contributed by atoms with Crippen molar-refractivity contribution in [1.29, 1.82) is 0 Å². The van der Waals surface area contributed by atoms with Gasteiger partial charge in [0, 0.05) is 23.7 Å². The van der Waals surface area contributed by atoms with Crippen LogP contribution in [-0.4, -0.2) is 12.0 Å². The summed E-state index contributed by atoms with van der Waals surface area (Å²) in [5, 5.41) is 10.5. The predicted molar refractivity (Wildman–Crippen MR) is 52.3 cm³/mol. The highest BCUT2D eigenvalue weighted by Crippen LogP contribution is 2.27. The monoisotopic (exact) mass is 196 g/mol. The Balaban J connectivity index is 3.20. The van der Waals surface area contributed by atoms with Crippen LogP contribution in [0, 0.1) is 10.1 Å². The van der Waals surface area contributed by atoms with Crippen LogP contribution in [0.25, 0.3) is 0 Å². The van der Waals surface area contributed by atoms with E-state index in [2.05, 4.69) is 0 Å². The molecule has 0 saturated heterocycles. The highest BCUT2D eigenvalue weighted by molar-refractivity contribution is 5.45. The van der Waals surface area contributed by atoms with Crippen molar-refractivity contribution in [2.24, 2.45) is 5.73 Å². The Labute approximate surface area is 81.6 Å². The lowest BCUT2D eigenvalue weighted by Gasteiger charge is -2.10. The van der Waals surface area contributed by atoms with Crippen LogP contribution >= 0.6 is 0 Å². The van der Waals surface area contributed by atoms with Crippen molar-refractivity contribution in [2.45, 2.75) is 13.0 Å². The van der Waals surface area contributed by atoms with E-state index in [1.807, 2.05) is 0 Å². The second-order valence-electron chi connectivity index (χ2n) is 2.97. The number of methoxy groups -OCH3 is 1. The Morgan fingerprint density at radius 3 is 2.64 bits per heavy atom. The lowest BCUT2D eigenvalue weighted by molar-refractivity contribution is -0.385. The van der Waals surface area contributed by atoms with E-state index >= 15 is 0 Å². The van der Waals surface area contributed by atoms with E-state index in [1.54, 1.807) is 13.0 Å². The maximum atomic E-state index is 10.5. The Hall–Kier alpha value is -1.62. The lowest BCUT2D eigenvalue weighted by atomic mass is 10.1. The van der Waals surface area contributed by atoms with Gasteiger partial charge in [-0.3, -0.25) is 10.1 Å². The highest BCUT2D eigenvalue weighted by Gasteiger charge is 2.13. The normalized spacial score (nSPS) is 12.2. The van der Waals surface area contributed by atoms with Crippen LogP contribution in [0.15, 0.2) is 18.2 Å². The second-order valence-corrected chi connectivity index (χ2v) is 2.97. The first kappa shape index (κ1) is 10.5. The van der Waals surface area contributed by atoms with Crippen molar-refractivity contribution >= 4 is 5.69 Å². The number of nitrogens with zero attached hydrogens (tertiary/aromatic N) is 1. The summed E-state index contributed by atoms with van der Waals surface area (Å²) in [5.41, 5.74) is 6.32. The largest absolute Gasteiger partial charge is 0.496 e. The van der Waals surface area contributed by atoms with Crippen molar-refractivity contribution in [3.8, 4) is 5.75 Å². The summed E-state index contributed by atoms with van der Waals surface area (Å²) in [6, 6.07) is 4.09. The number of nitrogens with two attached hydrogens (primary N) is 1. The minimum Gasteiger partial charge on any atom is -0.496 e. The van der Waals surface area contributed by atoms with Crippen LogP contribution in [-0.2, 0) is 0 Å². The van der Waals surface area contributed by atoms with Gasteiger partial charge in [-0.1, -0.05) is 0 Å². The minimum atomic E-state index is -0.453. The Morgan fingerprint density at radius 1 is 1.57 bits per heavy atom. The lowest BCUT2D eigenvalue weighted by Crippen LogP contribution is -2.07. The zero-order chi connectivity index (χ0) is 10.7. The molecule has 1 atom stereocenters. The molecule has 1 unspecified atom stereocenters. The van der Waals surface area contributed by atoms with Gasteiger partial charge in [0.25, 0.3) is 5.69 Å². The van der Waals surface area contributed by atoms with Gasteiger partial charge in [0.05, 0.1) is 12.0 Å². The molecule has 1 rings (SSSR count). The number of rotatable bonds is 3. The van der Waals surface area contributed by atoms with Gasteiger partial charge in [-0.05, 0) is 13.0 Å². The summed E-state index contributed by atoms with van der Waals surface area (Å²) >= 11 is 0. The summed E-state index contributed by atoms with van der Waals surface area (Å²) in [4.78, 5) is 10.0. The Morgan fingerprint density at radius 2 is 2.21 bits per heavy atom. The number of hydrogen-bond donors (Lipinski definition) is 1. The van der Waals surface area contributed by atoms with Gasteiger partial charge in [0.1, 0.15) is 5.75 Å². The molecule has 0 aliphatic carbocycles. The van der Waals surface area contributed by atoms with Crippen molar-refractivity contribution in [1.82, 2.24) is 0 Å². The first-order valence-electron chi connectivity index (χ1n) is 4.14. The standard InChI is InChI=1S/C9H12N2O3/c1-6(10)8-5-7(11(12)13)3-4-9(8)14-2/h3-6H,10H2,1-2H3. The molecular weight excluding hydrogens is 184 g/mol. The Kier molecular flexibility index (Phi) is 3.03. The fourth-order valence-corrected chi connectivity index (χ4v) is 1.19. The first-order chi connectivity index (χ1) is 6.56. The van der Waals surface area contributed by atoms with E-state index in [1.165, 1.54) is 19.2 Å². The topological polar surface area (TPSA) is 78.4 Å². The fourth-order valence-electron chi connectivity index (χ4n) is 1.19. The van der Waals surface area contributed by atoms with Crippen LogP contribution in [0.2, 0.25) is 0 Å². The van der Waals surface area contributed by atoms with Crippen molar-refractivity contribution in [3.63, 3.8) is 0 Å². The molecule has 0 aromatic heterocycles. The number of benzene rings is 1. The average molecular weight is 196 g/mol. The second kappa shape index (κ2) is 4.06. The van der Waals surface area contributed by atoms with Gasteiger partial charge in [-0.15, -0.1) is 0 Å². The van der Waals surface area contributed by atoms with Gasteiger partial charge < -0.3 is 10.5 Å². The molecule has 1 aromatic rings. The van der Waals surface area contributed by atoms with E-state index in [4.69, 9.17) is 10.5 Å². The first-order valence-corrected chi connectivity index (χ1v) is 4.14. The van der Waals surface area contributed by atoms with Crippen LogP contribution in [0.3, 0.4) is 0 Å².